The van der Waals surface area contributed by atoms with Gasteiger partial charge in [0, 0.05) is 27.7 Å². The van der Waals surface area contributed by atoms with E-state index in [1.165, 1.54) is 24.3 Å². The Morgan fingerprint density at radius 1 is 0.917 bits per heavy atom. The predicted molar refractivity (Wildman–Crippen MR) is 115 cm³/mol. The van der Waals surface area contributed by atoms with E-state index in [1.807, 2.05) is 0 Å². The van der Waals surface area contributed by atoms with Crippen molar-refractivity contribution in [2.75, 3.05) is 6.61 Å². The number of ether oxygens (including phenoxy) is 5. The second kappa shape index (κ2) is 12.8. The lowest BCUT2D eigenvalue weighted by molar-refractivity contribution is -0.296. The van der Waals surface area contributed by atoms with Gasteiger partial charge in [-0.25, -0.2) is 13.5 Å². The zero-order valence-electron chi connectivity index (χ0n) is 19.7. The first-order chi connectivity index (χ1) is 16.8. The maximum atomic E-state index is 15.1. The Labute approximate surface area is 205 Å². The van der Waals surface area contributed by atoms with E-state index in [1.54, 1.807) is 6.07 Å². The number of carbonyl (C=O) groups is 4. The van der Waals surface area contributed by atoms with Crippen LogP contribution < -0.4 is 4.52 Å². The number of hydrogen-bond acceptors (Lipinski definition) is 12. The Morgan fingerprint density at radius 2 is 1.44 bits per heavy atom. The molecule has 1 aliphatic heterocycles. The lowest BCUT2D eigenvalue weighted by Gasteiger charge is -2.44. The molecule has 4 unspecified atom stereocenters. The average Bonchev–Trinajstić information content (AvgIpc) is 2.75. The lowest BCUT2D eigenvalue weighted by Crippen LogP contribution is -2.64. The van der Waals surface area contributed by atoms with Gasteiger partial charge in [0.2, 0.25) is 6.29 Å². The molecule has 0 aliphatic carbocycles. The molecule has 1 fully saturated rings. The molecule has 0 bridgehead atoms. The van der Waals surface area contributed by atoms with Crippen LogP contribution in [-0.2, 0) is 52.0 Å². The Kier molecular flexibility index (Phi) is 10.3. The SMILES string of the molecule is CC(=O)OC[C@H](F)C1O[C@@H](OP(=O)(O)Oc2ccccc2)C(OC(C)=O)C(OC(C)=O)[C@@H]1OC(C)=O. The fourth-order valence-corrected chi connectivity index (χ4v) is 4.10. The number of alkyl halides is 1. The Balaban J connectivity index is 2.47. The Morgan fingerprint density at radius 3 is 1.97 bits per heavy atom. The molecule has 1 saturated heterocycles. The molecule has 0 amide bonds. The maximum absolute atomic E-state index is 15.1. The van der Waals surface area contributed by atoms with Crippen molar-refractivity contribution in [2.24, 2.45) is 0 Å². The normalized spacial score (nSPS) is 26.0. The molecule has 1 aromatic carbocycles. The zero-order valence-corrected chi connectivity index (χ0v) is 20.6. The summed E-state index contributed by atoms with van der Waals surface area (Å²) in [5.41, 5.74) is 0. The molecule has 15 heteroatoms. The smallest absolute Gasteiger partial charge is 0.463 e. The van der Waals surface area contributed by atoms with E-state index in [0.29, 0.717) is 0 Å². The summed E-state index contributed by atoms with van der Waals surface area (Å²) in [7, 11) is -5.03. The molecule has 2 rings (SSSR count). The van der Waals surface area contributed by atoms with Crippen LogP contribution in [0.15, 0.2) is 30.3 Å². The van der Waals surface area contributed by atoms with E-state index in [-0.39, 0.29) is 5.75 Å². The standard InChI is InChI=1S/C21H26FO13P/c1-11(23)29-10-16(22)17-18(30-12(2)24)19(31-13(3)25)20(32-14(4)26)21(33-17)35-36(27,28)34-15-8-6-5-7-9-15/h5-9,16-21H,10H2,1-4H3,(H,27,28)/t16-,17?,18+,19?,20?,21-/m0/s1. The lowest BCUT2D eigenvalue weighted by atomic mass is 9.95. The van der Waals surface area contributed by atoms with Crippen LogP contribution in [0.25, 0.3) is 0 Å². The fraction of sp³-hybridized carbons (Fsp3) is 0.524. The number of esters is 4. The van der Waals surface area contributed by atoms with Crippen molar-refractivity contribution in [3.63, 3.8) is 0 Å². The molecule has 0 radical (unpaired) electrons. The number of para-hydroxylation sites is 1. The van der Waals surface area contributed by atoms with Gasteiger partial charge in [0.1, 0.15) is 18.5 Å². The topological polar surface area (TPSA) is 170 Å². The van der Waals surface area contributed by atoms with Crippen LogP contribution in [0.4, 0.5) is 4.39 Å². The number of carbonyl (C=O) groups excluding carboxylic acids is 4. The summed E-state index contributed by atoms with van der Waals surface area (Å²) in [6.45, 7) is 3.04. The van der Waals surface area contributed by atoms with Gasteiger partial charge in [0.05, 0.1) is 0 Å². The van der Waals surface area contributed by atoms with E-state index >= 15 is 4.39 Å². The molecule has 1 aliphatic rings. The van der Waals surface area contributed by atoms with Gasteiger partial charge < -0.3 is 28.2 Å². The van der Waals surface area contributed by atoms with Gasteiger partial charge in [-0.1, -0.05) is 18.2 Å². The van der Waals surface area contributed by atoms with Crippen molar-refractivity contribution in [3.05, 3.63) is 30.3 Å². The van der Waals surface area contributed by atoms with Gasteiger partial charge >= 0.3 is 31.7 Å². The first-order valence-corrected chi connectivity index (χ1v) is 12.0. The quantitative estimate of drug-likeness (QED) is 0.260. The highest BCUT2D eigenvalue weighted by Gasteiger charge is 2.56. The van der Waals surface area contributed by atoms with Crippen molar-refractivity contribution in [1.82, 2.24) is 0 Å². The summed E-state index contributed by atoms with van der Waals surface area (Å²) in [4.78, 5) is 56.8. The molecular formula is C21H26FO13P. The number of benzene rings is 1. The van der Waals surface area contributed by atoms with E-state index in [9.17, 15) is 28.6 Å². The van der Waals surface area contributed by atoms with Crippen molar-refractivity contribution in [2.45, 2.75) is 64.6 Å². The molecule has 0 spiro atoms. The minimum absolute atomic E-state index is 0.0766. The van der Waals surface area contributed by atoms with Crippen LogP contribution in [0.2, 0.25) is 0 Å². The number of hydrogen-bond donors (Lipinski definition) is 1. The van der Waals surface area contributed by atoms with Crippen molar-refractivity contribution in [1.29, 1.82) is 0 Å². The van der Waals surface area contributed by atoms with E-state index in [4.69, 9.17) is 28.0 Å². The molecule has 13 nitrogen and oxygen atoms in total. The minimum Gasteiger partial charge on any atom is -0.463 e. The molecule has 1 heterocycles. The highest BCUT2D eigenvalue weighted by atomic mass is 31.2. The van der Waals surface area contributed by atoms with E-state index < -0.39 is 75.2 Å². The Bertz CT molecular complexity index is 987. The van der Waals surface area contributed by atoms with Crippen molar-refractivity contribution < 1.29 is 65.8 Å². The van der Waals surface area contributed by atoms with Crippen LogP contribution >= 0.6 is 7.82 Å². The van der Waals surface area contributed by atoms with Crippen LogP contribution in [-0.4, -0.2) is 72.3 Å². The summed E-state index contributed by atoms with van der Waals surface area (Å²) in [6.07, 6.45) is -11.5. The van der Waals surface area contributed by atoms with Crippen molar-refractivity contribution in [3.8, 4) is 5.75 Å². The first kappa shape index (κ1) is 29.2. The van der Waals surface area contributed by atoms with Gasteiger partial charge in [0.25, 0.3) is 0 Å². The number of phosphoric acid groups is 1. The average molecular weight is 536 g/mol. The van der Waals surface area contributed by atoms with Gasteiger partial charge in [-0.2, -0.15) is 0 Å². The third-order valence-electron chi connectivity index (χ3n) is 4.44. The van der Waals surface area contributed by atoms with Crippen LogP contribution in [0, 0.1) is 0 Å². The molecule has 1 N–H and O–H groups in total. The monoisotopic (exact) mass is 536 g/mol. The van der Waals surface area contributed by atoms with Gasteiger partial charge in [0.15, 0.2) is 24.5 Å². The fourth-order valence-electron chi connectivity index (χ4n) is 3.24. The third kappa shape index (κ3) is 8.86. The molecule has 1 aromatic rings. The van der Waals surface area contributed by atoms with Gasteiger partial charge in [-0.05, 0) is 12.1 Å². The number of phosphoric ester groups is 1. The highest BCUT2D eigenvalue weighted by Crippen LogP contribution is 2.47. The predicted octanol–water partition coefficient (Wildman–Crippen LogP) is 1.60. The molecule has 36 heavy (non-hydrogen) atoms. The Hall–Kier alpha value is -3.06. The van der Waals surface area contributed by atoms with Crippen LogP contribution in [0.3, 0.4) is 0 Å². The van der Waals surface area contributed by atoms with E-state index in [0.717, 1.165) is 27.7 Å². The molecule has 200 valence electrons. The maximum Gasteiger partial charge on any atom is 0.529 e. The number of halogens is 1. The summed E-state index contributed by atoms with van der Waals surface area (Å²) in [6, 6.07) is 7.32. The summed E-state index contributed by atoms with van der Waals surface area (Å²) < 4.78 is 63.3. The van der Waals surface area contributed by atoms with E-state index in [2.05, 4.69) is 4.74 Å². The van der Waals surface area contributed by atoms with Gasteiger partial charge in [-0.15, -0.1) is 0 Å². The second-order valence-electron chi connectivity index (χ2n) is 7.49. The largest absolute Gasteiger partial charge is 0.529 e. The van der Waals surface area contributed by atoms with Crippen LogP contribution in [0.1, 0.15) is 27.7 Å². The second-order valence-corrected chi connectivity index (χ2v) is 8.82. The molecule has 0 aromatic heterocycles. The summed E-state index contributed by atoms with van der Waals surface area (Å²) in [5, 5.41) is 0. The van der Waals surface area contributed by atoms with Crippen LogP contribution in [0.5, 0.6) is 5.75 Å². The minimum atomic E-state index is -5.03. The highest BCUT2D eigenvalue weighted by molar-refractivity contribution is 7.47. The van der Waals surface area contributed by atoms with Crippen molar-refractivity contribution >= 4 is 31.7 Å². The summed E-state index contributed by atoms with van der Waals surface area (Å²) >= 11 is 0. The molecular weight excluding hydrogens is 510 g/mol. The first-order valence-electron chi connectivity index (χ1n) is 10.5. The third-order valence-corrected chi connectivity index (χ3v) is 5.36. The zero-order chi connectivity index (χ0) is 27.0. The van der Waals surface area contributed by atoms with Gasteiger partial charge in [-0.3, -0.25) is 24.1 Å². The summed E-state index contributed by atoms with van der Waals surface area (Å²) in [5.74, 6) is -3.80. The number of rotatable bonds is 10. The molecule has 7 atom stereocenters. The molecule has 0 saturated carbocycles.